The minimum absolute atomic E-state index is 0.0833. The zero-order valence-electron chi connectivity index (χ0n) is 13.2. The lowest BCUT2D eigenvalue weighted by atomic mass is 10.1. The molecule has 0 amide bonds. The molecule has 0 atom stereocenters. The summed E-state index contributed by atoms with van der Waals surface area (Å²) in [7, 11) is 0. The number of carboxylic acids is 2. The fourth-order valence-corrected chi connectivity index (χ4v) is 1.26. The first kappa shape index (κ1) is 22.4. The first-order chi connectivity index (χ1) is 10.4. The van der Waals surface area contributed by atoms with Crippen molar-refractivity contribution in [1.29, 1.82) is 0 Å². The van der Waals surface area contributed by atoms with Crippen LogP contribution >= 0.6 is 0 Å². The first-order valence-corrected chi connectivity index (χ1v) is 7.22. The Morgan fingerprint density at radius 1 is 0.773 bits per heavy atom. The van der Waals surface area contributed by atoms with Crippen LogP contribution in [0.25, 0.3) is 0 Å². The quantitative estimate of drug-likeness (QED) is 0.600. The SMILES string of the molecule is CCCCCC.O=C(O)c1ccc(C(=O)O)cc1.OCCO. The minimum Gasteiger partial charge on any atom is -0.478 e. The van der Waals surface area contributed by atoms with E-state index in [2.05, 4.69) is 13.8 Å². The van der Waals surface area contributed by atoms with Crippen molar-refractivity contribution in [3.8, 4) is 0 Å². The zero-order valence-corrected chi connectivity index (χ0v) is 13.2. The number of aliphatic hydroxyl groups excluding tert-OH is 2. The molecule has 0 aromatic heterocycles. The molecule has 1 aromatic rings. The Kier molecular flexibility index (Phi) is 15.7. The lowest BCUT2D eigenvalue weighted by Gasteiger charge is -1.94. The normalized spacial score (nSPS) is 8.91. The van der Waals surface area contributed by atoms with Crippen molar-refractivity contribution in [2.75, 3.05) is 13.2 Å². The average molecular weight is 314 g/mol. The van der Waals surface area contributed by atoms with E-state index >= 15 is 0 Å². The van der Waals surface area contributed by atoms with Gasteiger partial charge in [0.05, 0.1) is 24.3 Å². The number of aromatic carboxylic acids is 2. The van der Waals surface area contributed by atoms with Crippen molar-refractivity contribution in [3.63, 3.8) is 0 Å². The predicted octanol–water partition coefficient (Wildman–Crippen LogP) is 2.64. The van der Waals surface area contributed by atoms with Gasteiger partial charge in [-0.3, -0.25) is 0 Å². The van der Waals surface area contributed by atoms with Crippen LogP contribution in [0.3, 0.4) is 0 Å². The molecule has 6 heteroatoms. The molecule has 0 radical (unpaired) electrons. The molecule has 6 nitrogen and oxygen atoms in total. The second kappa shape index (κ2) is 15.5. The molecule has 0 aliphatic heterocycles. The lowest BCUT2D eigenvalue weighted by Crippen LogP contribution is -1.99. The van der Waals surface area contributed by atoms with Gasteiger partial charge in [0.25, 0.3) is 0 Å². The van der Waals surface area contributed by atoms with Crippen LogP contribution in [0.5, 0.6) is 0 Å². The third kappa shape index (κ3) is 13.1. The third-order valence-corrected chi connectivity index (χ3v) is 2.44. The number of hydrogen-bond acceptors (Lipinski definition) is 4. The number of hydrogen-bond donors (Lipinski definition) is 4. The van der Waals surface area contributed by atoms with Crippen molar-refractivity contribution >= 4 is 11.9 Å². The Morgan fingerprint density at radius 2 is 1.05 bits per heavy atom. The molecule has 0 unspecified atom stereocenters. The van der Waals surface area contributed by atoms with E-state index in [0.717, 1.165) is 0 Å². The molecule has 22 heavy (non-hydrogen) atoms. The van der Waals surface area contributed by atoms with Gasteiger partial charge in [0, 0.05) is 0 Å². The predicted molar refractivity (Wildman–Crippen MR) is 84.3 cm³/mol. The molecular weight excluding hydrogens is 288 g/mol. The van der Waals surface area contributed by atoms with Crippen molar-refractivity contribution < 1.29 is 30.0 Å². The molecule has 0 aliphatic carbocycles. The summed E-state index contributed by atoms with van der Waals surface area (Å²) in [6.07, 6.45) is 5.54. The highest BCUT2D eigenvalue weighted by atomic mass is 16.4. The molecule has 1 aromatic carbocycles. The van der Waals surface area contributed by atoms with E-state index in [1.54, 1.807) is 0 Å². The summed E-state index contributed by atoms with van der Waals surface area (Å²) in [5.41, 5.74) is 0.167. The summed E-state index contributed by atoms with van der Waals surface area (Å²) in [6.45, 7) is 4.21. The molecular formula is C16H26O6. The number of carboxylic acid groups (broad SMARTS) is 2. The molecule has 0 saturated heterocycles. The molecule has 1 rings (SSSR count). The second-order valence-electron chi connectivity index (χ2n) is 4.34. The summed E-state index contributed by atoms with van der Waals surface area (Å²) < 4.78 is 0. The van der Waals surface area contributed by atoms with E-state index in [1.165, 1.54) is 49.9 Å². The van der Waals surface area contributed by atoms with Crippen molar-refractivity contribution in [2.45, 2.75) is 39.5 Å². The molecule has 0 saturated carbocycles. The summed E-state index contributed by atoms with van der Waals surface area (Å²) in [4.78, 5) is 20.7. The second-order valence-corrected chi connectivity index (χ2v) is 4.34. The maximum absolute atomic E-state index is 10.3. The Balaban J connectivity index is 0. The first-order valence-electron chi connectivity index (χ1n) is 7.22. The zero-order chi connectivity index (χ0) is 17.4. The molecule has 0 fully saturated rings. The maximum atomic E-state index is 10.3. The Morgan fingerprint density at radius 3 is 1.18 bits per heavy atom. The van der Waals surface area contributed by atoms with Crippen molar-refractivity contribution in [2.24, 2.45) is 0 Å². The number of unbranched alkanes of at least 4 members (excludes halogenated alkanes) is 3. The Bertz CT molecular complexity index is 361. The van der Waals surface area contributed by atoms with E-state index in [1.807, 2.05) is 0 Å². The minimum atomic E-state index is -1.06. The third-order valence-electron chi connectivity index (χ3n) is 2.44. The van der Waals surface area contributed by atoms with Gasteiger partial charge in [-0.15, -0.1) is 0 Å². The van der Waals surface area contributed by atoms with Gasteiger partial charge >= 0.3 is 11.9 Å². The van der Waals surface area contributed by atoms with Crippen LogP contribution in [-0.4, -0.2) is 45.6 Å². The van der Waals surface area contributed by atoms with Gasteiger partial charge < -0.3 is 20.4 Å². The molecule has 0 aliphatic rings. The van der Waals surface area contributed by atoms with Gasteiger partial charge in [0.15, 0.2) is 0 Å². The molecule has 4 N–H and O–H groups in total. The number of aliphatic hydroxyl groups is 2. The average Bonchev–Trinajstić information content (AvgIpc) is 2.53. The van der Waals surface area contributed by atoms with Crippen LogP contribution in [0, 0.1) is 0 Å². The van der Waals surface area contributed by atoms with Crippen molar-refractivity contribution in [1.82, 2.24) is 0 Å². The van der Waals surface area contributed by atoms with E-state index in [4.69, 9.17) is 20.4 Å². The van der Waals surface area contributed by atoms with Crippen LogP contribution in [0.2, 0.25) is 0 Å². The monoisotopic (exact) mass is 314 g/mol. The highest BCUT2D eigenvalue weighted by molar-refractivity contribution is 5.91. The summed E-state index contributed by atoms with van der Waals surface area (Å²) in [5, 5.41) is 32.2. The van der Waals surface area contributed by atoms with Gasteiger partial charge in [0.2, 0.25) is 0 Å². The van der Waals surface area contributed by atoms with Crippen LogP contribution < -0.4 is 0 Å². The van der Waals surface area contributed by atoms with Crippen LogP contribution in [0.4, 0.5) is 0 Å². The molecule has 0 bridgehead atoms. The number of benzene rings is 1. The van der Waals surface area contributed by atoms with Gasteiger partial charge in [-0.2, -0.15) is 0 Å². The van der Waals surface area contributed by atoms with Crippen LogP contribution in [0.1, 0.15) is 60.2 Å². The summed E-state index contributed by atoms with van der Waals surface area (Å²) >= 11 is 0. The highest BCUT2D eigenvalue weighted by Gasteiger charge is 2.04. The summed E-state index contributed by atoms with van der Waals surface area (Å²) in [6, 6.07) is 5.02. The van der Waals surface area contributed by atoms with E-state index in [9.17, 15) is 9.59 Å². The van der Waals surface area contributed by atoms with Crippen LogP contribution in [0.15, 0.2) is 24.3 Å². The standard InChI is InChI=1S/C8H6O4.C6H14.C2H6O2/c9-7(10)5-1-2-6(4-3-5)8(11)12;1-3-5-6-4-2;3-1-2-4/h1-4H,(H,9,10)(H,11,12);3-6H2,1-2H3;3-4H,1-2H2. The maximum Gasteiger partial charge on any atom is 0.335 e. The highest BCUT2D eigenvalue weighted by Crippen LogP contribution is 2.03. The van der Waals surface area contributed by atoms with E-state index in [0.29, 0.717) is 0 Å². The molecule has 0 spiro atoms. The van der Waals surface area contributed by atoms with Gasteiger partial charge in [-0.25, -0.2) is 9.59 Å². The van der Waals surface area contributed by atoms with Gasteiger partial charge in [-0.1, -0.05) is 39.5 Å². The van der Waals surface area contributed by atoms with Gasteiger partial charge in [0.1, 0.15) is 0 Å². The molecule has 126 valence electrons. The van der Waals surface area contributed by atoms with E-state index < -0.39 is 11.9 Å². The Labute approximate surface area is 131 Å². The molecule has 0 heterocycles. The fourth-order valence-electron chi connectivity index (χ4n) is 1.26. The van der Waals surface area contributed by atoms with E-state index in [-0.39, 0.29) is 24.3 Å². The smallest absolute Gasteiger partial charge is 0.335 e. The largest absolute Gasteiger partial charge is 0.478 e. The van der Waals surface area contributed by atoms with Gasteiger partial charge in [-0.05, 0) is 24.3 Å². The number of carbonyl (C=O) groups is 2. The van der Waals surface area contributed by atoms with Crippen LogP contribution in [-0.2, 0) is 0 Å². The summed E-state index contributed by atoms with van der Waals surface area (Å²) in [5.74, 6) is -2.13. The fraction of sp³-hybridized carbons (Fsp3) is 0.500. The van der Waals surface area contributed by atoms with Crippen molar-refractivity contribution in [3.05, 3.63) is 35.4 Å². The topological polar surface area (TPSA) is 115 Å². The number of rotatable bonds is 6. The Hall–Kier alpha value is -1.92. The lowest BCUT2D eigenvalue weighted by molar-refractivity contribution is 0.0681.